The molecular formula is C26H18N4O4. The van der Waals surface area contributed by atoms with Crippen molar-refractivity contribution < 1.29 is 19.2 Å². The van der Waals surface area contributed by atoms with Gasteiger partial charge in [-0.1, -0.05) is 60.7 Å². The van der Waals surface area contributed by atoms with Crippen molar-refractivity contribution in [2.75, 3.05) is 10.0 Å². The zero-order valence-electron chi connectivity index (χ0n) is 17.8. The molecule has 0 aliphatic carbocycles. The number of anilines is 2. The minimum Gasteiger partial charge on any atom is -0.267 e. The molecule has 8 nitrogen and oxygen atoms in total. The van der Waals surface area contributed by atoms with Crippen LogP contribution >= 0.6 is 0 Å². The third kappa shape index (κ3) is 3.84. The fourth-order valence-electron chi connectivity index (χ4n) is 3.65. The van der Waals surface area contributed by atoms with Gasteiger partial charge < -0.3 is 0 Å². The van der Waals surface area contributed by atoms with E-state index in [2.05, 4.69) is 10.9 Å². The van der Waals surface area contributed by atoms with Crippen LogP contribution in [0.1, 0.15) is 11.1 Å². The Kier molecular flexibility index (Phi) is 5.23. The lowest BCUT2D eigenvalue weighted by atomic mass is 10.1. The highest BCUT2D eigenvalue weighted by Crippen LogP contribution is 2.23. The fraction of sp³-hybridized carbons (Fsp3) is 0. The van der Waals surface area contributed by atoms with Crippen molar-refractivity contribution in [1.29, 1.82) is 0 Å². The summed E-state index contributed by atoms with van der Waals surface area (Å²) in [6, 6.07) is 24.5. The van der Waals surface area contributed by atoms with Gasteiger partial charge in [0.05, 0.1) is 11.4 Å². The molecule has 0 radical (unpaired) electrons. The van der Waals surface area contributed by atoms with E-state index in [-0.39, 0.29) is 11.1 Å². The van der Waals surface area contributed by atoms with E-state index in [0.29, 0.717) is 22.5 Å². The van der Waals surface area contributed by atoms with Crippen LogP contribution in [0.5, 0.6) is 0 Å². The van der Waals surface area contributed by atoms with Crippen molar-refractivity contribution in [3.05, 3.63) is 107 Å². The number of carbonyl (C=O) groups excluding carboxylic acids is 4. The first kappa shape index (κ1) is 20.9. The Morgan fingerprint density at radius 2 is 0.853 bits per heavy atom. The van der Waals surface area contributed by atoms with E-state index < -0.39 is 23.6 Å². The number of para-hydroxylation sites is 2. The van der Waals surface area contributed by atoms with Crippen LogP contribution in [0.3, 0.4) is 0 Å². The molecule has 166 valence electrons. The zero-order chi connectivity index (χ0) is 23.7. The van der Waals surface area contributed by atoms with Gasteiger partial charge in [0.1, 0.15) is 11.1 Å². The molecule has 34 heavy (non-hydrogen) atoms. The maximum absolute atomic E-state index is 12.7. The summed E-state index contributed by atoms with van der Waals surface area (Å²) < 4.78 is 0. The minimum absolute atomic E-state index is 0.0128. The third-order valence-corrected chi connectivity index (χ3v) is 5.37. The van der Waals surface area contributed by atoms with Gasteiger partial charge in [-0.05, 0) is 47.5 Å². The van der Waals surface area contributed by atoms with Crippen molar-refractivity contribution in [2.45, 2.75) is 0 Å². The van der Waals surface area contributed by atoms with Gasteiger partial charge in [-0.15, -0.1) is 0 Å². The molecule has 0 bridgehead atoms. The van der Waals surface area contributed by atoms with Gasteiger partial charge in [-0.25, -0.2) is 10.0 Å². The molecule has 2 saturated heterocycles. The van der Waals surface area contributed by atoms with Crippen LogP contribution in [0.4, 0.5) is 11.4 Å². The zero-order valence-corrected chi connectivity index (χ0v) is 17.8. The van der Waals surface area contributed by atoms with E-state index >= 15 is 0 Å². The summed E-state index contributed by atoms with van der Waals surface area (Å²) in [5.41, 5.74) is 7.53. The summed E-state index contributed by atoms with van der Waals surface area (Å²) in [5.74, 6) is -1.88. The molecule has 4 amide bonds. The largest absolute Gasteiger partial charge is 0.282 e. The maximum Gasteiger partial charge on any atom is 0.282 e. The lowest BCUT2D eigenvalue weighted by molar-refractivity contribution is -0.118. The van der Waals surface area contributed by atoms with Crippen molar-refractivity contribution in [2.24, 2.45) is 0 Å². The predicted octanol–water partition coefficient (Wildman–Crippen LogP) is 2.61. The first-order valence-electron chi connectivity index (χ1n) is 10.5. The SMILES string of the molecule is O=C1NN(c2ccccc2)C(=O)/C1=C/c1ccc(/C=C2\C(=O)NN(c3ccccc3)C2=O)cc1. The van der Waals surface area contributed by atoms with Crippen molar-refractivity contribution >= 4 is 47.2 Å². The Labute approximate surface area is 194 Å². The van der Waals surface area contributed by atoms with Gasteiger partial charge in [0.25, 0.3) is 23.6 Å². The molecule has 2 aliphatic heterocycles. The monoisotopic (exact) mass is 450 g/mol. The lowest BCUT2D eigenvalue weighted by Gasteiger charge is -2.13. The van der Waals surface area contributed by atoms with Crippen LogP contribution in [-0.4, -0.2) is 23.6 Å². The first-order valence-corrected chi connectivity index (χ1v) is 10.5. The predicted molar refractivity (Wildman–Crippen MR) is 127 cm³/mol. The molecule has 2 fully saturated rings. The molecule has 0 atom stereocenters. The maximum atomic E-state index is 12.7. The van der Waals surface area contributed by atoms with Crippen LogP contribution in [0.2, 0.25) is 0 Å². The molecule has 3 aromatic rings. The van der Waals surface area contributed by atoms with Crippen LogP contribution in [-0.2, 0) is 19.2 Å². The highest BCUT2D eigenvalue weighted by molar-refractivity contribution is 6.32. The molecular weight excluding hydrogens is 432 g/mol. The Morgan fingerprint density at radius 3 is 1.21 bits per heavy atom. The van der Waals surface area contributed by atoms with Gasteiger partial charge in [-0.3, -0.25) is 30.0 Å². The van der Waals surface area contributed by atoms with Crippen LogP contribution in [0, 0.1) is 0 Å². The number of hydrogen-bond acceptors (Lipinski definition) is 4. The number of nitrogens with one attached hydrogen (secondary N) is 2. The first-order chi connectivity index (χ1) is 16.5. The Balaban J connectivity index is 1.35. The highest BCUT2D eigenvalue weighted by atomic mass is 16.2. The normalized spacial score (nSPS) is 18.1. The summed E-state index contributed by atoms with van der Waals surface area (Å²) in [5, 5.41) is 2.41. The molecule has 0 spiro atoms. The van der Waals surface area contributed by atoms with E-state index in [4.69, 9.17) is 0 Å². The standard InChI is InChI=1S/C26H18N4O4/c31-23-21(25(33)29(27-23)19-7-3-1-4-8-19)15-17-11-13-18(14-12-17)16-22-24(32)28-30(26(22)34)20-9-5-2-6-10-20/h1-16H,(H,27,31)(H,28,32)/b21-15+,22-16+. The molecule has 5 rings (SSSR count). The van der Waals surface area contributed by atoms with Crippen molar-refractivity contribution in [3.63, 3.8) is 0 Å². The van der Waals surface area contributed by atoms with Crippen LogP contribution in [0.15, 0.2) is 96.1 Å². The van der Waals surface area contributed by atoms with Crippen LogP contribution in [0.25, 0.3) is 12.2 Å². The summed E-state index contributed by atoms with van der Waals surface area (Å²) in [7, 11) is 0. The van der Waals surface area contributed by atoms with E-state index in [9.17, 15) is 19.2 Å². The second kappa shape index (κ2) is 8.51. The number of hydrazine groups is 2. The van der Waals surface area contributed by atoms with E-state index in [1.54, 1.807) is 72.8 Å². The number of hydrogen-bond donors (Lipinski definition) is 2. The lowest BCUT2D eigenvalue weighted by Crippen LogP contribution is -2.35. The van der Waals surface area contributed by atoms with Gasteiger partial charge in [0.15, 0.2) is 0 Å². The topological polar surface area (TPSA) is 98.8 Å². The number of amides is 4. The molecule has 0 saturated carbocycles. The second-order valence-electron chi connectivity index (χ2n) is 7.62. The second-order valence-corrected chi connectivity index (χ2v) is 7.62. The summed E-state index contributed by atoms with van der Waals surface area (Å²) in [6.45, 7) is 0. The average Bonchev–Trinajstić information content (AvgIpc) is 3.31. The number of benzene rings is 3. The molecule has 0 unspecified atom stereocenters. The Morgan fingerprint density at radius 1 is 0.500 bits per heavy atom. The fourth-order valence-corrected chi connectivity index (χ4v) is 3.65. The minimum atomic E-state index is -0.491. The number of carbonyl (C=O) groups is 4. The molecule has 2 N–H and O–H groups in total. The highest BCUT2D eigenvalue weighted by Gasteiger charge is 2.35. The Hall–Kier alpha value is -4.98. The van der Waals surface area contributed by atoms with E-state index in [1.165, 1.54) is 22.2 Å². The van der Waals surface area contributed by atoms with Gasteiger partial charge in [-0.2, -0.15) is 0 Å². The Bertz CT molecular complexity index is 1260. The van der Waals surface area contributed by atoms with Gasteiger partial charge >= 0.3 is 0 Å². The van der Waals surface area contributed by atoms with Gasteiger partial charge in [0.2, 0.25) is 0 Å². The number of rotatable bonds is 4. The van der Waals surface area contributed by atoms with Crippen molar-refractivity contribution in [3.8, 4) is 0 Å². The van der Waals surface area contributed by atoms with Crippen LogP contribution < -0.4 is 20.9 Å². The molecule has 3 aromatic carbocycles. The summed E-state index contributed by atoms with van der Waals surface area (Å²) in [6.07, 6.45) is 3.00. The average molecular weight is 450 g/mol. The summed E-state index contributed by atoms with van der Waals surface area (Å²) in [4.78, 5) is 50.1. The van der Waals surface area contributed by atoms with Gasteiger partial charge in [0, 0.05) is 0 Å². The van der Waals surface area contributed by atoms with E-state index in [0.717, 1.165) is 0 Å². The molecule has 2 heterocycles. The quantitative estimate of drug-likeness (QED) is 0.472. The van der Waals surface area contributed by atoms with E-state index in [1.807, 2.05) is 12.1 Å². The van der Waals surface area contributed by atoms with Crippen molar-refractivity contribution in [1.82, 2.24) is 10.9 Å². The summed E-state index contributed by atoms with van der Waals surface area (Å²) >= 11 is 0. The third-order valence-electron chi connectivity index (χ3n) is 5.37. The molecule has 0 aromatic heterocycles. The number of nitrogens with zero attached hydrogens (tertiary/aromatic N) is 2. The smallest absolute Gasteiger partial charge is 0.267 e. The molecule has 8 heteroatoms. The molecule has 2 aliphatic rings.